The molecule has 2 aliphatic carbocycles. The summed E-state index contributed by atoms with van der Waals surface area (Å²) in [6, 6.07) is 19.1. The van der Waals surface area contributed by atoms with Crippen LogP contribution in [0.1, 0.15) is 118 Å². The second-order valence-corrected chi connectivity index (χ2v) is 21.4. The van der Waals surface area contributed by atoms with Crippen LogP contribution in [0.5, 0.6) is 11.5 Å². The van der Waals surface area contributed by atoms with Crippen molar-refractivity contribution in [3.8, 4) is 23.8 Å². The van der Waals surface area contributed by atoms with Gasteiger partial charge in [0.05, 0.1) is 26.4 Å². The highest BCUT2D eigenvalue weighted by atomic mass is 32.2. The van der Waals surface area contributed by atoms with E-state index in [1.807, 2.05) is 0 Å². The van der Waals surface area contributed by atoms with Crippen molar-refractivity contribution in [1.29, 1.82) is 0 Å². The number of H-pyrrole nitrogens is 1. The number of carbonyl (C=O) groups is 1. The molecule has 4 aliphatic rings. The first-order valence-corrected chi connectivity index (χ1v) is 24.9. The van der Waals surface area contributed by atoms with Crippen LogP contribution in [0.4, 0.5) is 21.5 Å². The largest absolute Gasteiger partial charge is 0.453 e. The number of benzene rings is 3. The fourth-order valence-corrected chi connectivity index (χ4v) is 12.0. The maximum Gasteiger partial charge on any atom is 0.293 e. The second kappa shape index (κ2) is 18.2. The Hall–Kier alpha value is -6.02. The average molecular weight is 932 g/mol. The number of aliphatic hydroxyl groups is 1. The van der Waals surface area contributed by atoms with Crippen LogP contribution in [-0.4, -0.2) is 83.6 Å². The van der Waals surface area contributed by atoms with Gasteiger partial charge in [0.2, 0.25) is 0 Å². The molecule has 67 heavy (non-hydrogen) atoms. The lowest BCUT2D eigenvalue weighted by Gasteiger charge is -2.57. The van der Waals surface area contributed by atoms with Crippen molar-refractivity contribution in [2.75, 3.05) is 42.9 Å². The monoisotopic (exact) mass is 931 g/mol. The summed E-state index contributed by atoms with van der Waals surface area (Å²) in [5, 5.41) is 25.7. The number of terminal acetylenes is 1. The van der Waals surface area contributed by atoms with E-state index in [9.17, 15) is 32.8 Å². The molecular formula is C51H58FN7O7S. The lowest BCUT2D eigenvalue weighted by Crippen LogP contribution is -2.63. The minimum absolute atomic E-state index is 0.0201. The van der Waals surface area contributed by atoms with E-state index in [0.717, 1.165) is 69.8 Å². The lowest BCUT2D eigenvalue weighted by molar-refractivity contribution is -0.384. The van der Waals surface area contributed by atoms with Gasteiger partial charge in [0, 0.05) is 62.8 Å². The summed E-state index contributed by atoms with van der Waals surface area (Å²) in [6.45, 7) is 10.4. The molecule has 1 spiro atoms. The van der Waals surface area contributed by atoms with Gasteiger partial charge in [-0.1, -0.05) is 44.5 Å². The molecule has 4 heterocycles. The van der Waals surface area contributed by atoms with Gasteiger partial charge in [-0.3, -0.25) is 19.8 Å². The van der Waals surface area contributed by atoms with E-state index in [4.69, 9.17) is 11.2 Å². The molecule has 0 unspecified atom stereocenters. The minimum Gasteiger partial charge on any atom is -0.453 e. The van der Waals surface area contributed by atoms with Crippen molar-refractivity contribution < 1.29 is 32.4 Å². The Morgan fingerprint density at radius 2 is 1.79 bits per heavy atom. The van der Waals surface area contributed by atoms with E-state index < -0.39 is 42.9 Å². The van der Waals surface area contributed by atoms with Gasteiger partial charge in [-0.25, -0.2) is 22.5 Å². The number of nitro groups is 1. The summed E-state index contributed by atoms with van der Waals surface area (Å²) >= 11 is 0. The first-order chi connectivity index (χ1) is 32.0. The molecule has 3 aromatic carbocycles. The first-order valence-electron chi connectivity index (χ1n) is 23.4. The number of halogens is 1. The number of likely N-dealkylation sites (tertiary alicyclic amines) is 1. The van der Waals surface area contributed by atoms with Gasteiger partial charge in [0.15, 0.2) is 11.4 Å². The Balaban J connectivity index is 0.929. The van der Waals surface area contributed by atoms with Gasteiger partial charge in [0.25, 0.3) is 21.6 Å². The van der Waals surface area contributed by atoms with Crippen molar-refractivity contribution in [2.45, 2.75) is 107 Å². The predicted molar refractivity (Wildman–Crippen MR) is 256 cm³/mol. The number of hydrogen-bond donors (Lipinski definition) is 4. The maximum atomic E-state index is 14.8. The average Bonchev–Trinajstić information content (AvgIpc) is 3.93. The van der Waals surface area contributed by atoms with E-state index in [2.05, 4.69) is 73.8 Å². The predicted octanol–water partition coefficient (Wildman–Crippen LogP) is 9.22. The number of pyridine rings is 1. The molecule has 9 rings (SSSR count). The Morgan fingerprint density at radius 1 is 1.04 bits per heavy atom. The number of carbonyl (C=O) groups excluding carboxylic acids is 1. The van der Waals surface area contributed by atoms with E-state index in [1.165, 1.54) is 54.7 Å². The summed E-state index contributed by atoms with van der Waals surface area (Å²) in [6.07, 6.45) is 15.3. The minimum atomic E-state index is -4.66. The van der Waals surface area contributed by atoms with Crippen LogP contribution in [0.2, 0.25) is 0 Å². The molecule has 1 amide bonds. The topological polar surface area (TPSA) is 183 Å². The van der Waals surface area contributed by atoms with E-state index >= 15 is 0 Å². The van der Waals surface area contributed by atoms with Crippen molar-refractivity contribution in [1.82, 2.24) is 19.6 Å². The Morgan fingerprint density at radius 3 is 2.51 bits per heavy atom. The fraction of sp³-hybridized carbons (Fsp3) is 0.451. The molecule has 5 aromatic rings. The van der Waals surface area contributed by atoms with E-state index in [1.54, 1.807) is 19.1 Å². The van der Waals surface area contributed by atoms with Crippen LogP contribution in [0.25, 0.3) is 11.0 Å². The lowest BCUT2D eigenvalue weighted by atomic mass is 9.70. The Bertz CT molecular complexity index is 2850. The summed E-state index contributed by atoms with van der Waals surface area (Å²) in [4.78, 5) is 37.1. The number of hydrogen-bond acceptors (Lipinski definition) is 11. The molecule has 2 aliphatic heterocycles. The summed E-state index contributed by atoms with van der Waals surface area (Å²) < 4.78 is 50.8. The Kier molecular flexibility index (Phi) is 12.5. The molecule has 4 N–H and O–H groups in total. The second-order valence-electron chi connectivity index (χ2n) is 19.8. The first kappa shape index (κ1) is 46.1. The number of aromatic amines is 1. The number of nitrogens with zero attached hydrogens (tertiary/aromatic N) is 4. The third kappa shape index (κ3) is 9.46. The summed E-state index contributed by atoms with van der Waals surface area (Å²) in [5.74, 6) is 1.94. The number of anilines is 2. The normalized spacial score (nSPS) is 22.9. The number of piperidine rings is 1. The molecule has 0 radical (unpaired) electrons. The van der Waals surface area contributed by atoms with Gasteiger partial charge >= 0.3 is 0 Å². The van der Waals surface area contributed by atoms with Crippen molar-refractivity contribution in [3.05, 3.63) is 111 Å². The van der Waals surface area contributed by atoms with Gasteiger partial charge in [-0.05, 0) is 129 Å². The zero-order chi connectivity index (χ0) is 47.3. The molecule has 4 fully saturated rings. The number of rotatable bonds is 13. The zero-order valence-electron chi connectivity index (χ0n) is 38.2. The van der Waals surface area contributed by atoms with Crippen LogP contribution in [0, 0.1) is 39.6 Å². The highest BCUT2D eigenvalue weighted by Gasteiger charge is 2.49. The molecule has 16 heteroatoms. The van der Waals surface area contributed by atoms with Crippen LogP contribution >= 0.6 is 0 Å². The van der Waals surface area contributed by atoms with Crippen LogP contribution in [-0.2, 0) is 10.0 Å². The number of nitrogens with one attached hydrogen (secondary N) is 3. The standard InChI is InChI=1S/C51H58FN7O7S/c1-5-42-47(27-40-41(52)29-54-48(40)55-42)66-46-25-34(57-23-21-51(22-24-57)30-58(31-51)44-12-8-11-38(44)37-10-7-6-9-36(37)32(2)3)13-15-39(46)49(60)56-67(64,65)35-14-16-43(45(26-35)59(62)63)53-28-33-17-19-50(4,61)20-18-33/h1,6-7,9-10,13-16,25-27,29,32-33,38,44,53,61H,8,11-12,17-24,28,30-31H2,2-4H3,(H,54,55)(H,56,60)/t33-,38-,44-,50-/m1/s1. The van der Waals surface area contributed by atoms with Crippen LogP contribution in [0.15, 0.2) is 77.8 Å². The van der Waals surface area contributed by atoms with Crippen molar-refractivity contribution in [2.24, 2.45) is 11.3 Å². The molecule has 2 saturated carbocycles. The van der Waals surface area contributed by atoms with E-state index in [0.29, 0.717) is 37.3 Å². The summed E-state index contributed by atoms with van der Waals surface area (Å²) in [7, 11) is -4.66. The highest BCUT2D eigenvalue weighted by Crippen LogP contribution is 2.49. The van der Waals surface area contributed by atoms with Gasteiger partial charge in [0.1, 0.15) is 22.9 Å². The molecule has 2 saturated heterocycles. The fourth-order valence-electron chi connectivity index (χ4n) is 11.0. The number of ether oxygens (including phenoxy) is 1. The van der Waals surface area contributed by atoms with Gasteiger partial charge in [-0.15, -0.1) is 6.42 Å². The number of aromatic nitrogens is 2. The quantitative estimate of drug-likeness (QED) is 0.0502. The molecule has 14 nitrogen and oxygen atoms in total. The highest BCUT2D eigenvalue weighted by molar-refractivity contribution is 7.90. The number of nitro benzene ring substituents is 1. The van der Waals surface area contributed by atoms with Gasteiger partial charge in [-0.2, -0.15) is 0 Å². The van der Waals surface area contributed by atoms with Crippen molar-refractivity contribution >= 4 is 44.0 Å². The zero-order valence-corrected chi connectivity index (χ0v) is 39.0. The number of sulfonamides is 1. The SMILES string of the molecule is C#Cc1nc2[nH]cc(F)c2cc1Oc1cc(N2CCC3(CC2)CN([C@@H]2CCC[C@@H]2c2ccccc2C(C)C)C3)ccc1C(=O)NS(=O)(=O)c1ccc(NC[C@H]2CC[C@](C)(O)CC2)c([N+](=O)[O-])c1. The smallest absolute Gasteiger partial charge is 0.293 e. The molecule has 2 atom stereocenters. The van der Waals surface area contributed by atoms with Gasteiger partial charge < -0.3 is 25.0 Å². The maximum absolute atomic E-state index is 14.8. The molecule has 2 aromatic heterocycles. The third-order valence-corrected chi connectivity index (χ3v) is 16.2. The van der Waals surface area contributed by atoms with Crippen molar-refractivity contribution in [3.63, 3.8) is 0 Å². The molecular weight excluding hydrogens is 874 g/mol. The third-order valence-electron chi connectivity index (χ3n) is 14.8. The Labute approximate surface area is 390 Å². The van der Waals surface area contributed by atoms with E-state index in [-0.39, 0.29) is 50.8 Å². The van der Waals surface area contributed by atoms with Crippen LogP contribution < -0.4 is 19.7 Å². The molecule has 0 bridgehead atoms. The number of fused-ring (bicyclic) bond motifs is 1. The number of amides is 1. The molecule has 352 valence electrons. The van der Waals surface area contributed by atoms with Crippen LogP contribution in [0.3, 0.4) is 0 Å². The summed E-state index contributed by atoms with van der Waals surface area (Å²) in [5.41, 5.74) is 2.90.